The van der Waals surface area contributed by atoms with E-state index in [0.29, 0.717) is 22.3 Å². The average molecular weight is 477 g/mol. The number of aryl methyl sites for hydroxylation is 1. The summed E-state index contributed by atoms with van der Waals surface area (Å²) in [7, 11) is 0. The van der Waals surface area contributed by atoms with E-state index in [0.717, 1.165) is 47.9 Å². The van der Waals surface area contributed by atoms with Crippen LogP contribution in [0, 0.1) is 5.82 Å². The van der Waals surface area contributed by atoms with Crippen LogP contribution in [0.2, 0.25) is 0 Å². The van der Waals surface area contributed by atoms with Crippen molar-refractivity contribution >= 4 is 33.9 Å². The fourth-order valence-electron chi connectivity index (χ4n) is 4.77. The van der Waals surface area contributed by atoms with Crippen LogP contribution < -0.4 is 11.3 Å². The Balaban J connectivity index is 1.51. The van der Waals surface area contributed by atoms with Crippen LogP contribution in [0.4, 0.5) is 4.39 Å². The predicted molar refractivity (Wildman–Crippen MR) is 127 cm³/mol. The summed E-state index contributed by atoms with van der Waals surface area (Å²) < 4.78 is 13.7. The lowest BCUT2D eigenvalue weighted by Crippen LogP contribution is -2.19. The van der Waals surface area contributed by atoms with Crippen molar-refractivity contribution in [2.24, 2.45) is 5.73 Å². The van der Waals surface area contributed by atoms with Gasteiger partial charge in [0.05, 0.1) is 0 Å². The maximum atomic E-state index is 13.7. The maximum absolute atomic E-state index is 13.7. The minimum Gasteiger partial charge on any atom is -0.364 e. The molecule has 0 spiro atoms. The van der Waals surface area contributed by atoms with E-state index in [9.17, 15) is 18.8 Å². The van der Waals surface area contributed by atoms with Gasteiger partial charge < -0.3 is 15.5 Å². The van der Waals surface area contributed by atoms with E-state index in [1.54, 1.807) is 0 Å². The number of aromatic amines is 1. The second kappa shape index (κ2) is 8.90. The second-order valence-corrected chi connectivity index (χ2v) is 9.41. The smallest absolute Gasteiger partial charge is 0.283 e. The number of hydrogen-bond donors (Lipinski definition) is 2. The highest BCUT2D eigenvalue weighted by atomic mass is 32.1. The molecule has 0 saturated carbocycles. The fourth-order valence-corrected chi connectivity index (χ4v) is 5.55. The summed E-state index contributed by atoms with van der Waals surface area (Å²) in [5, 5.41) is 0.236. The van der Waals surface area contributed by atoms with Gasteiger partial charge in [-0.25, -0.2) is 14.4 Å². The predicted octanol–water partition coefficient (Wildman–Crippen LogP) is 4.08. The minimum atomic E-state index is -0.834. The van der Waals surface area contributed by atoms with E-state index in [4.69, 9.17) is 10.7 Å². The first kappa shape index (κ1) is 22.1. The number of pyridine rings is 2. The van der Waals surface area contributed by atoms with Crippen LogP contribution in [0.15, 0.2) is 47.4 Å². The van der Waals surface area contributed by atoms with E-state index in [2.05, 4.69) is 9.97 Å². The number of hydrogen-bond acceptors (Lipinski definition) is 6. The highest BCUT2D eigenvalue weighted by molar-refractivity contribution is 7.19. The van der Waals surface area contributed by atoms with Gasteiger partial charge in [0.15, 0.2) is 10.8 Å². The van der Waals surface area contributed by atoms with Crippen LogP contribution in [0.25, 0.3) is 21.5 Å². The Morgan fingerprint density at radius 3 is 2.74 bits per heavy atom. The van der Waals surface area contributed by atoms with Crippen molar-refractivity contribution < 1.29 is 14.0 Å². The van der Waals surface area contributed by atoms with Crippen molar-refractivity contribution in [3.63, 3.8) is 0 Å². The molecule has 4 aromatic rings. The zero-order valence-corrected chi connectivity index (χ0v) is 18.9. The molecule has 0 saturated heterocycles. The van der Waals surface area contributed by atoms with E-state index in [1.165, 1.54) is 23.6 Å². The summed E-state index contributed by atoms with van der Waals surface area (Å²) in [4.78, 5) is 46.8. The van der Waals surface area contributed by atoms with Gasteiger partial charge >= 0.3 is 0 Å². The number of nitrogens with two attached hydrogens (primary N) is 1. The lowest BCUT2D eigenvalue weighted by Gasteiger charge is -2.31. The molecule has 9 heteroatoms. The van der Waals surface area contributed by atoms with E-state index < -0.39 is 17.3 Å². The molecule has 3 N–H and O–H groups in total. The molecule has 5 rings (SSSR count). The van der Waals surface area contributed by atoms with E-state index in [1.807, 2.05) is 30.3 Å². The zero-order valence-electron chi connectivity index (χ0n) is 18.1. The molecule has 0 bridgehead atoms. The first-order chi connectivity index (χ1) is 16.4. The Morgan fingerprint density at radius 1 is 1.24 bits per heavy atom. The third-order valence-corrected chi connectivity index (χ3v) is 7.37. The molecule has 0 fully saturated rings. The van der Waals surface area contributed by atoms with Crippen molar-refractivity contribution in [1.82, 2.24) is 15.0 Å². The van der Waals surface area contributed by atoms with Crippen molar-refractivity contribution in [3.05, 3.63) is 80.6 Å². The van der Waals surface area contributed by atoms with Gasteiger partial charge in [-0.3, -0.25) is 9.59 Å². The summed E-state index contributed by atoms with van der Waals surface area (Å²) in [5.74, 6) is -1.45. The standard InChI is InChI=1S/C25H21FN4O3S/c26-19-10-16(12-28-23(19)33)13-4-6-14(7-5-13)17(8-9-31)18-3-1-2-15-11-20-24(30-21(15)18)34-25(29-20)22(27)32/h4-7,9-12,17-18H,1-3,8H2,(H2,27,32)(H,28,33)/t17-,18?/m0/s1. The van der Waals surface area contributed by atoms with Gasteiger partial charge in [-0.2, -0.15) is 0 Å². The topological polar surface area (TPSA) is 119 Å². The quantitative estimate of drug-likeness (QED) is 0.407. The first-order valence-corrected chi connectivity index (χ1v) is 11.8. The van der Waals surface area contributed by atoms with Crippen molar-refractivity contribution in [2.45, 2.75) is 37.5 Å². The van der Waals surface area contributed by atoms with Gasteiger partial charge in [0.25, 0.3) is 11.5 Å². The number of carbonyl (C=O) groups is 2. The summed E-state index contributed by atoms with van der Waals surface area (Å²) in [6.45, 7) is 0. The summed E-state index contributed by atoms with van der Waals surface area (Å²) >= 11 is 1.18. The number of aldehydes is 1. The lowest BCUT2D eigenvalue weighted by atomic mass is 9.74. The highest BCUT2D eigenvalue weighted by Crippen LogP contribution is 2.43. The van der Waals surface area contributed by atoms with Gasteiger partial charge in [-0.05, 0) is 54.0 Å². The molecule has 2 atom stereocenters. The molecule has 0 radical (unpaired) electrons. The molecule has 3 heterocycles. The molecule has 34 heavy (non-hydrogen) atoms. The fraction of sp³-hybridized carbons (Fsp3) is 0.240. The van der Waals surface area contributed by atoms with Crippen LogP contribution in [-0.4, -0.2) is 27.1 Å². The Bertz CT molecular complexity index is 1460. The number of benzene rings is 1. The number of thiazole rings is 1. The Hall–Kier alpha value is -3.72. The molecular formula is C25H21FN4O3S. The van der Waals surface area contributed by atoms with Crippen LogP contribution in [0.3, 0.4) is 0 Å². The SMILES string of the molecule is NC(=O)c1nc2cc3c(nc2s1)C([C@@H](CC=O)c1ccc(-c2c[nH]c(=O)c(F)c2)cc1)CCC3. The van der Waals surface area contributed by atoms with Gasteiger partial charge in [0.2, 0.25) is 0 Å². The largest absolute Gasteiger partial charge is 0.364 e. The summed E-state index contributed by atoms with van der Waals surface area (Å²) in [6, 6.07) is 10.8. The molecule has 7 nitrogen and oxygen atoms in total. The van der Waals surface area contributed by atoms with Crippen LogP contribution in [-0.2, 0) is 11.2 Å². The number of primary amides is 1. The van der Waals surface area contributed by atoms with E-state index >= 15 is 0 Å². The zero-order chi connectivity index (χ0) is 23.8. The second-order valence-electron chi connectivity index (χ2n) is 8.44. The van der Waals surface area contributed by atoms with Crippen molar-refractivity contribution in [1.29, 1.82) is 0 Å². The number of fused-ring (bicyclic) bond motifs is 2. The maximum Gasteiger partial charge on any atom is 0.283 e. The summed E-state index contributed by atoms with van der Waals surface area (Å²) in [6.07, 6.45) is 5.46. The Kier molecular flexibility index (Phi) is 5.79. The van der Waals surface area contributed by atoms with Gasteiger partial charge in [0, 0.05) is 29.8 Å². The lowest BCUT2D eigenvalue weighted by molar-refractivity contribution is -0.108. The van der Waals surface area contributed by atoms with Gasteiger partial charge in [-0.1, -0.05) is 35.6 Å². The number of nitrogens with one attached hydrogen (secondary N) is 1. The molecule has 1 amide bonds. The molecule has 172 valence electrons. The molecule has 1 unspecified atom stereocenters. The number of aromatic nitrogens is 3. The number of nitrogens with zero attached hydrogens (tertiary/aromatic N) is 2. The monoisotopic (exact) mass is 476 g/mol. The third kappa shape index (κ3) is 4.03. The number of H-pyrrole nitrogens is 1. The highest BCUT2D eigenvalue weighted by Gasteiger charge is 2.31. The normalized spacial score (nSPS) is 16.2. The number of halogens is 1. The van der Waals surface area contributed by atoms with Crippen molar-refractivity contribution in [3.8, 4) is 11.1 Å². The number of rotatable bonds is 6. The molecule has 3 aromatic heterocycles. The minimum absolute atomic E-state index is 0.0360. The van der Waals surface area contributed by atoms with Crippen LogP contribution >= 0.6 is 11.3 Å². The summed E-state index contributed by atoms with van der Waals surface area (Å²) in [5.41, 5.74) is 9.65. The molecule has 1 aromatic carbocycles. The Labute approximate surface area is 197 Å². The van der Waals surface area contributed by atoms with Crippen LogP contribution in [0.1, 0.15) is 57.7 Å². The molecular weight excluding hydrogens is 455 g/mol. The first-order valence-electron chi connectivity index (χ1n) is 11.0. The van der Waals surface area contributed by atoms with Crippen LogP contribution in [0.5, 0.6) is 0 Å². The van der Waals surface area contributed by atoms with Crippen molar-refractivity contribution in [2.75, 3.05) is 0 Å². The number of carbonyl (C=O) groups excluding carboxylic acids is 2. The third-order valence-electron chi connectivity index (χ3n) is 6.39. The molecule has 0 aliphatic heterocycles. The van der Waals surface area contributed by atoms with Gasteiger partial charge in [0.1, 0.15) is 16.6 Å². The van der Waals surface area contributed by atoms with Gasteiger partial charge in [-0.15, -0.1) is 0 Å². The molecule has 1 aliphatic carbocycles. The van der Waals surface area contributed by atoms with E-state index in [-0.39, 0.29) is 16.8 Å². The molecule has 1 aliphatic rings. The number of amides is 1. The Morgan fingerprint density at radius 2 is 2.03 bits per heavy atom. The average Bonchev–Trinajstić information content (AvgIpc) is 3.26.